The van der Waals surface area contributed by atoms with Crippen LogP contribution in [0.2, 0.25) is 0 Å². The van der Waals surface area contributed by atoms with E-state index in [-0.39, 0.29) is 12.5 Å². The summed E-state index contributed by atoms with van der Waals surface area (Å²) in [4.78, 5) is 0. The van der Waals surface area contributed by atoms with Gasteiger partial charge in [-0.1, -0.05) is 0 Å². The Bertz CT molecular complexity index is 30.5. The first-order valence-corrected chi connectivity index (χ1v) is 2.64. The highest BCUT2D eigenvalue weighted by Gasteiger charge is 1.94. The average Bonchev–Trinajstić information content (AvgIpc) is 1.91. The van der Waals surface area contributed by atoms with Crippen LogP contribution in [0.3, 0.4) is 0 Å². The van der Waals surface area contributed by atoms with Crippen molar-refractivity contribution in [1.82, 2.24) is 0 Å². The van der Waals surface area contributed by atoms with Crippen LogP contribution in [0.1, 0.15) is 0 Å². The molecule has 0 radical (unpaired) electrons. The maximum atomic E-state index is 8.28. The predicted molar refractivity (Wildman–Crippen MR) is 32.0 cm³/mol. The molecule has 0 heterocycles. The van der Waals surface area contributed by atoms with Gasteiger partial charge in [0.05, 0.1) is 18.6 Å². The zero-order valence-electron chi connectivity index (χ0n) is 4.71. The lowest BCUT2D eigenvalue weighted by Gasteiger charge is -1.95. The van der Waals surface area contributed by atoms with Gasteiger partial charge in [-0.05, 0) is 0 Å². The normalized spacial score (nSPS) is 11.6. The number of hydrogen-bond acceptors (Lipinski definition) is 3. The Morgan fingerprint density at radius 3 is 1.88 bits per heavy atom. The van der Waals surface area contributed by atoms with Gasteiger partial charge in [-0.25, -0.2) is 0 Å². The van der Waals surface area contributed by atoms with Crippen molar-refractivity contribution < 1.29 is 15.3 Å². The van der Waals surface area contributed by atoms with Crippen LogP contribution in [0, 0.1) is 0 Å². The third kappa shape index (κ3) is 9.48. The van der Waals surface area contributed by atoms with E-state index in [4.69, 9.17) is 26.9 Å². The Morgan fingerprint density at radius 2 is 1.88 bits per heavy atom. The molecule has 0 aromatic heterocycles. The molecule has 0 bridgehead atoms. The van der Waals surface area contributed by atoms with Crippen LogP contribution >= 0.6 is 11.6 Å². The highest BCUT2D eigenvalue weighted by molar-refractivity contribution is 6.18. The molecule has 0 saturated carbocycles. The molecule has 4 heteroatoms. The quantitative estimate of drug-likeness (QED) is 0.442. The summed E-state index contributed by atoms with van der Waals surface area (Å²) in [6, 6.07) is 0. The zero-order valence-corrected chi connectivity index (χ0v) is 5.47. The largest absolute Gasteiger partial charge is 0.400 e. The minimum absolute atomic E-state index is 0.108. The van der Waals surface area contributed by atoms with Gasteiger partial charge in [0, 0.05) is 7.11 Å². The molecule has 0 aliphatic heterocycles. The third-order valence-corrected chi connectivity index (χ3v) is 0.745. The van der Waals surface area contributed by atoms with Gasteiger partial charge in [-0.3, -0.25) is 0 Å². The smallest absolute Gasteiger partial charge is 0.0905 e. The van der Waals surface area contributed by atoms with Crippen LogP contribution in [0.25, 0.3) is 0 Å². The number of alkyl halides is 1. The molecule has 0 rings (SSSR count). The van der Waals surface area contributed by atoms with Gasteiger partial charge < -0.3 is 15.3 Å². The molecule has 0 amide bonds. The van der Waals surface area contributed by atoms with Gasteiger partial charge >= 0.3 is 0 Å². The minimum Gasteiger partial charge on any atom is -0.400 e. The maximum Gasteiger partial charge on any atom is 0.0905 e. The first-order valence-electron chi connectivity index (χ1n) is 2.11. The van der Waals surface area contributed by atoms with Crippen molar-refractivity contribution in [1.29, 1.82) is 0 Å². The van der Waals surface area contributed by atoms with E-state index in [2.05, 4.69) is 0 Å². The lowest BCUT2D eigenvalue weighted by atomic mass is 10.5. The molecule has 52 valence electrons. The van der Waals surface area contributed by atoms with Crippen molar-refractivity contribution in [3.8, 4) is 0 Å². The summed E-state index contributed by atoms with van der Waals surface area (Å²) in [7, 11) is 1.00. The standard InChI is InChI=1S/C3H7ClO2.CH4O/c4-1-3(6)2-5;1-2/h3,5-6H,1-2H2;2H,1H3. The van der Waals surface area contributed by atoms with Crippen LogP contribution in [0.15, 0.2) is 0 Å². The fraction of sp³-hybridized carbons (Fsp3) is 1.00. The lowest BCUT2D eigenvalue weighted by molar-refractivity contribution is 0.112. The Morgan fingerprint density at radius 1 is 1.50 bits per heavy atom. The van der Waals surface area contributed by atoms with Gasteiger partial charge in [-0.2, -0.15) is 0 Å². The molecular weight excluding hydrogens is 131 g/mol. The van der Waals surface area contributed by atoms with Crippen molar-refractivity contribution in [3.63, 3.8) is 0 Å². The fourth-order valence-corrected chi connectivity index (χ4v) is 0.146. The molecule has 1 atom stereocenters. The summed E-state index contributed by atoms with van der Waals surface area (Å²) in [5.41, 5.74) is 0. The van der Waals surface area contributed by atoms with Gasteiger partial charge in [0.25, 0.3) is 0 Å². The van der Waals surface area contributed by atoms with E-state index in [1.54, 1.807) is 0 Å². The van der Waals surface area contributed by atoms with E-state index in [1.807, 2.05) is 0 Å². The topological polar surface area (TPSA) is 60.7 Å². The van der Waals surface area contributed by atoms with Crippen LogP contribution in [-0.4, -0.2) is 41.0 Å². The molecule has 8 heavy (non-hydrogen) atoms. The van der Waals surface area contributed by atoms with E-state index in [9.17, 15) is 0 Å². The van der Waals surface area contributed by atoms with Gasteiger partial charge in [0.1, 0.15) is 0 Å². The van der Waals surface area contributed by atoms with Crippen LogP contribution in [0.4, 0.5) is 0 Å². The third-order valence-electron chi connectivity index (χ3n) is 0.389. The number of aliphatic hydroxyl groups is 3. The van der Waals surface area contributed by atoms with Gasteiger partial charge in [0.15, 0.2) is 0 Å². The summed E-state index contributed by atoms with van der Waals surface area (Å²) in [6.07, 6.45) is -0.744. The summed E-state index contributed by atoms with van der Waals surface area (Å²) >= 11 is 5.04. The second kappa shape index (κ2) is 10.2. The monoisotopic (exact) mass is 142 g/mol. The highest BCUT2D eigenvalue weighted by atomic mass is 35.5. The van der Waals surface area contributed by atoms with Crippen LogP contribution in [0.5, 0.6) is 0 Å². The van der Waals surface area contributed by atoms with Crippen molar-refractivity contribution in [2.75, 3.05) is 19.6 Å². The lowest BCUT2D eigenvalue weighted by Crippen LogP contribution is -2.12. The molecular formula is C4H11ClO3. The van der Waals surface area contributed by atoms with E-state index in [0.29, 0.717) is 0 Å². The van der Waals surface area contributed by atoms with E-state index < -0.39 is 6.10 Å². The summed E-state index contributed by atoms with van der Waals surface area (Å²) in [6.45, 7) is -0.247. The first-order chi connectivity index (χ1) is 3.81. The highest BCUT2D eigenvalue weighted by Crippen LogP contribution is 1.81. The molecule has 0 spiro atoms. The van der Waals surface area contributed by atoms with Crippen LogP contribution in [-0.2, 0) is 0 Å². The average molecular weight is 143 g/mol. The second-order valence-corrected chi connectivity index (χ2v) is 1.30. The molecule has 0 aromatic rings. The molecule has 3 N–H and O–H groups in total. The Hall–Kier alpha value is 0.170. The minimum atomic E-state index is -0.744. The summed E-state index contributed by atoms with van der Waals surface area (Å²) < 4.78 is 0. The van der Waals surface area contributed by atoms with E-state index >= 15 is 0 Å². The Balaban J connectivity index is 0. The molecule has 0 saturated heterocycles. The molecule has 0 fully saturated rings. The second-order valence-electron chi connectivity index (χ2n) is 0.991. The van der Waals surface area contributed by atoms with Crippen LogP contribution < -0.4 is 0 Å². The van der Waals surface area contributed by atoms with E-state index in [0.717, 1.165) is 7.11 Å². The summed E-state index contributed by atoms with van der Waals surface area (Å²) in [5, 5.41) is 23.3. The van der Waals surface area contributed by atoms with Crippen molar-refractivity contribution in [2.45, 2.75) is 6.10 Å². The molecule has 1 unspecified atom stereocenters. The number of aliphatic hydroxyl groups excluding tert-OH is 3. The van der Waals surface area contributed by atoms with Crippen molar-refractivity contribution in [3.05, 3.63) is 0 Å². The molecule has 3 nitrogen and oxygen atoms in total. The number of rotatable bonds is 2. The van der Waals surface area contributed by atoms with Crippen molar-refractivity contribution in [2.24, 2.45) is 0 Å². The molecule has 0 aliphatic carbocycles. The number of halogens is 1. The SMILES string of the molecule is CO.OCC(O)CCl. The van der Waals surface area contributed by atoms with E-state index in [1.165, 1.54) is 0 Å². The molecule has 0 aliphatic rings. The van der Waals surface area contributed by atoms with Gasteiger partial charge in [0.2, 0.25) is 0 Å². The maximum absolute atomic E-state index is 8.28. The Labute approximate surface area is 53.5 Å². The number of hydrogen-bond donors (Lipinski definition) is 3. The first kappa shape index (κ1) is 11.0. The van der Waals surface area contributed by atoms with Gasteiger partial charge in [-0.15, -0.1) is 11.6 Å². The molecule has 0 aromatic carbocycles. The van der Waals surface area contributed by atoms with Crippen molar-refractivity contribution >= 4 is 11.6 Å². The summed E-state index contributed by atoms with van der Waals surface area (Å²) in [5.74, 6) is 0.108. The fourth-order valence-electron chi connectivity index (χ4n) is 0.0488. The zero-order chi connectivity index (χ0) is 6.99. The Kier molecular flexibility index (Phi) is 14.1. The predicted octanol–water partition coefficient (Wildman–Crippen LogP) is -0.813.